The van der Waals surface area contributed by atoms with Crippen molar-refractivity contribution in [2.24, 2.45) is 0 Å². The summed E-state index contributed by atoms with van der Waals surface area (Å²) in [6.45, 7) is 5.29. The molecule has 2 aromatic rings. The van der Waals surface area contributed by atoms with Crippen LogP contribution in [0.5, 0.6) is 0 Å². The van der Waals surface area contributed by atoms with Gasteiger partial charge in [-0.1, -0.05) is 23.9 Å². The van der Waals surface area contributed by atoms with Crippen LogP contribution in [-0.4, -0.2) is 21.1 Å². The van der Waals surface area contributed by atoms with E-state index >= 15 is 0 Å². The zero-order valence-electron chi connectivity index (χ0n) is 13.9. The molecule has 0 fully saturated rings. The number of amides is 1. The lowest BCUT2D eigenvalue weighted by Crippen LogP contribution is -2.23. The molecule has 0 radical (unpaired) electrons. The number of thioether (sulfide) groups is 1. The Bertz CT molecular complexity index is 877. The first-order chi connectivity index (χ1) is 11.8. The number of carbonyl (C=O) groups excluding carboxylic acids is 1. The van der Waals surface area contributed by atoms with Gasteiger partial charge in [0.2, 0.25) is 5.91 Å². The Morgan fingerprint density at radius 1 is 1.40 bits per heavy atom. The number of nitriles is 1. The maximum atomic E-state index is 12.4. The van der Waals surface area contributed by atoms with Gasteiger partial charge in [-0.05, 0) is 38.5 Å². The fourth-order valence-electron chi connectivity index (χ4n) is 2.22. The quantitative estimate of drug-likeness (QED) is 0.498. The lowest BCUT2D eigenvalue weighted by Gasteiger charge is -2.13. The van der Waals surface area contributed by atoms with Crippen molar-refractivity contribution in [1.82, 2.24) is 4.98 Å². The molecule has 0 aliphatic heterocycles. The van der Waals surface area contributed by atoms with Crippen LogP contribution in [0.4, 0.5) is 11.4 Å². The third-order valence-electron chi connectivity index (χ3n) is 3.44. The standard InChI is InChI=1S/C17H16N4O3S/c1-10-8-11(2)19-17(13(10)9-18)25-12(3)16(22)20-14-6-4-5-7-15(14)21(23)24/h4-8,12H,1-3H3,(H,20,22). The van der Waals surface area contributed by atoms with Crippen molar-refractivity contribution in [3.8, 4) is 6.07 Å². The third kappa shape index (κ3) is 4.33. The number of nitrogens with zero attached hydrogens (tertiary/aromatic N) is 3. The summed E-state index contributed by atoms with van der Waals surface area (Å²) in [5.41, 5.74) is 1.95. The Labute approximate surface area is 149 Å². The second kappa shape index (κ2) is 7.77. The molecule has 1 N–H and O–H groups in total. The normalized spacial score (nSPS) is 11.4. The molecule has 128 valence electrons. The third-order valence-corrected chi connectivity index (χ3v) is 4.53. The fraction of sp³-hybridized carbons (Fsp3) is 0.235. The highest BCUT2D eigenvalue weighted by molar-refractivity contribution is 8.00. The van der Waals surface area contributed by atoms with Crippen LogP contribution in [0.3, 0.4) is 0 Å². The molecule has 0 aliphatic carbocycles. The summed E-state index contributed by atoms with van der Waals surface area (Å²) in [5.74, 6) is -0.399. The Morgan fingerprint density at radius 2 is 2.08 bits per heavy atom. The maximum absolute atomic E-state index is 12.4. The molecule has 1 atom stereocenters. The number of anilines is 1. The van der Waals surface area contributed by atoms with Gasteiger partial charge >= 0.3 is 0 Å². The molecule has 7 nitrogen and oxygen atoms in total. The second-order valence-corrected chi connectivity index (χ2v) is 6.73. The first kappa shape index (κ1) is 18.4. The largest absolute Gasteiger partial charge is 0.319 e. The van der Waals surface area contributed by atoms with Crippen molar-refractivity contribution >= 4 is 29.0 Å². The Kier molecular flexibility index (Phi) is 5.72. The van der Waals surface area contributed by atoms with Crippen LogP contribution in [0.15, 0.2) is 35.4 Å². The molecule has 0 aliphatic rings. The van der Waals surface area contributed by atoms with Crippen LogP contribution < -0.4 is 5.32 Å². The minimum atomic E-state index is -0.583. The number of nitro benzene ring substituents is 1. The zero-order chi connectivity index (χ0) is 18.6. The van der Waals surface area contributed by atoms with E-state index in [1.165, 1.54) is 18.2 Å². The lowest BCUT2D eigenvalue weighted by molar-refractivity contribution is -0.383. The number of nitrogens with one attached hydrogen (secondary N) is 1. The Morgan fingerprint density at radius 3 is 2.72 bits per heavy atom. The van der Waals surface area contributed by atoms with E-state index in [0.29, 0.717) is 10.6 Å². The molecule has 0 saturated carbocycles. The van der Waals surface area contributed by atoms with Gasteiger partial charge in [0, 0.05) is 11.8 Å². The van der Waals surface area contributed by atoms with E-state index < -0.39 is 16.1 Å². The Hall–Kier alpha value is -2.92. The highest BCUT2D eigenvalue weighted by Crippen LogP contribution is 2.29. The van der Waals surface area contributed by atoms with Crippen molar-refractivity contribution in [2.75, 3.05) is 5.32 Å². The summed E-state index contributed by atoms with van der Waals surface area (Å²) >= 11 is 1.15. The number of pyridine rings is 1. The van der Waals surface area contributed by atoms with Gasteiger partial charge in [0.1, 0.15) is 16.8 Å². The molecule has 0 bridgehead atoms. The van der Waals surface area contributed by atoms with Gasteiger partial charge in [-0.2, -0.15) is 5.26 Å². The zero-order valence-corrected chi connectivity index (χ0v) is 14.8. The van der Waals surface area contributed by atoms with E-state index in [0.717, 1.165) is 23.0 Å². The molecule has 1 unspecified atom stereocenters. The molecule has 1 heterocycles. The van der Waals surface area contributed by atoms with Gasteiger partial charge in [-0.15, -0.1) is 0 Å². The average molecular weight is 356 g/mol. The van der Waals surface area contributed by atoms with Crippen molar-refractivity contribution in [3.63, 3.8) is 0 Å². The molecule has 8 heteroatoms. The summed E-state index contributed by atoms with van der Waals surface area (Å²) in [6, 6.07) is 9.86. The number of rotatable bonds is 5. The minimum Gasteiger partial charge on any atom is -0.319 e. The van der Waals surface area contributed by atoms with Gasteiger partial charge < -0.3 is 5.32 Å². The SMILES string of the molecule is Cc1cc(C)c(C#N)c(SC(C)C(=O)Nc2ccccc2[N+](=O)[O-])n1. The Balaban J connectivity index is 2.20. The summed E-state index contributed by atoms with van der Waals surface area (Å²) in [5, 5.41) is 22.8. The van der Waals surface area contributed by atoms with Crippen molar-refractivity contribution in [1.29, 1.82) is 5.26 Å². The minimum absolute atomic E-state index is 0.138. The summed E-state index contributed by atoms with van der Waals surface area (Å²) in [7, 11) is 0. The fourth-order valence-corrected chi connectivity index (χ4v) is 3.24. The van der Waals surface area contributed by atoms with E-state index in [1.54, 1.807) is 19.1 Å². The number of hydrogen-bond acceptors (Lipinski definition) is 6. The molecule has 0 spiro atoms. The number of benzene rings is 1. The predicted molar refractivity (Wildman–Crippen MR) is 95.5 cm³/mol. The topological polar surface area (TPSA) is 109 Å². The number of carbonyl (C=O) groups is 1. The molecule has 1 aromatic carbocycles. The average Bonchev–Trinajstić information content (AvgIpc) is 2.54. The molecule has 1 aromatic heterocycles. The van der Waals surface area contributed by atoms with Crippen LogP contribution in [-0.2, 0) is 4.79 Å². The van der Waals surface area contributed by atoms with E-state index in [-0.39, 0.29) is 11.4 Å². The van der Waals surface area contributed by atoms with Gasteiger partial charge in [0.15, 0.2) is 0 Å². The predicted octanol–water partition coefficient (Wildman–Crippen LogP) is 3.60. The molecular weight excluding hydrogens is 340 g/mol. The second-order valence-electron chi connectivity index (χ2n) is 5.40. The smallest absolute Gasteiger partial charge is 0.292 e. The van der Waals surface area contributed by atoms with Crippen LogP contribution >= 0.6 is 11.8 Å². The van der Waals surface area contributed by atoms with Crippen LogP contribution in [0, 0.1) is 35.3 Å². The van der Waals surface area contributed by atoms with E-state index in [2.05, 4.69) is 16.4 Å². The van der Waals surface area contributed by atoms with Crippen molar-refractivity contribution in [2.45, 2.75) is 31.0 Å². The van der Waals surface area contributed by atoms with Gasteiger partial charge in [0.05, 0.1) is 15.7 Å². The number of aromatic nitrogens is 1. The monoisotopic (exact) mass is 356 g/mol. The van der Waals surface area contributed by atoms with Gasteiger partial charge in [-0.25, -0.2) is 4.98 Å². The molecule has 0 saturated heterocycles. The highest BCUT2D eigenvalue weighted by atomic mass is 32.2. The molecule has 1 amide bonds. The molecule has 2 rings (SSSR count). The van der Waals surface area contributed by atoms with Crippen LogP contribution in [0.1, 0.15) is 23.7 Å². The van der Waals surface area contributed by atoms with Gasteiger partial charge in [-0.3, -0.25) is 14.9 Å². The van der Waals surface area contributed by atoms with Gasteiger partial charge in [0.25, 0.3) is 5.69 Å². The lowest BCUT2D eigenvalue weighted by atomic mass is 10.1. The van der Waals surface area contributed by atoms with E-state index in [1.807, 2.05) is 13.8 Å². The first-order valence-corrected chi connectivity index (χ1v) is 8.30. The summed E-state index contributed by atoms with van der Waals surface area (Å²) in [6.07, 6.45) is 0. The first-order valence-electron chi connectivity index (χ1n) is 7.42. The van der Waals surface area contributed by atoms with E-state index in [9.17, 15) is 20.2 Å². The van der Waals surface area contributed by atoms with Crippen molar-refractivity contribution in [3.05, 3.63) is 57.3 Å². The highest BCUT2D eigenvalue weighted by Gasteiger charge is 2.21. The maximum Gasteiger partial charge on any atom is 0.292 e. The summed E-state index contributed by atoms with van der Waals surface area (Å²) < 4.78 is 0. The van der Waals surface area contributed by atoms with Crippen molar-refractivity contribution < 1.29 is 9.72 Å². The summed E-state index contributed by atoms with van der Waals surface area (Å²) in [4.78, 5) is 27.2. The number of para-hydroxylation sites is 2. The number of aryl methyl sites for hydroxylation is 2. The molecule has 25 heavy (non-hydrogen) atoms. The number of hydrogen-bond donors (Lipinski definition) is 1. The van der Waals surface area contributed by atoms with Crippen LogP contribution in [0.25, 0.3) is 0 Å². The molecular formula is C17H16N4O3S. The van der Waals surface area contributed by atoms with Crippen LogP contribution in [0.2, 0.25) is 0 Å². The number of nitro groups is 1. The van der Waals surface area contributed by atoms with E-state index in [4.69, 9.17) is 0 Å².